The number of carbonyl (C=O) groups excluding carboxylic acids is 1. The second-order valence-electron chi connectivity index (χ2n) is 7.45. The zero-order valence-corrected chi connectivity index (χ0v) is 18.4. The molecule has 0 aromatic heterocycles. The van der Waals surface area contributed by atoms with Gasteiger partial charge in [0.15, 0.2) is 11.5 Å². The fourth-order valence-corrected chi connectivity index (χ4v) is 4.39. The van der Waals surface area contributed by atoms with Crippen LogP contribution in [-0.2, 0) is 10.0 Å². The number of ether oxygens (including phenoxy) is 2. The molecule has 166 valence electrons. The molecule has 0 aliphatic carbocycles. The summed E-state index contributed by atoms with van der Waals surface area (Å²) in [6.45, 7) is 2.91. The number of hydrogen-bond acceptors (Lipinski definition) is 5. The summed E-state index contributed by atoms with van der Waals surface area (Å²) in [6, 6.07) is 20.3. The molecule has 3 aromatic rings. The van der Waals surface area contributed by atoms with E-state index in [0.29, 0.717) is 36.0 Å². The third-order valence-corrected chi connectivity index (χ3v) is 6.45. The highest BCUT2D eigenvalue weighted by molar-refractivity contribution is 7.92. The molecule has 1 heterocycles. The molecule has 0 saturated carbocycles. The molecule has 7 nitrogen and oxygen atoms in total. The summed E-state index contributed by atoms with van der Waals surface area (Å²) < 4.78 is 39.3. The molecule has 1 amide bonds. The van der Waals surface area contributed by atoms with Crippen LogP contribution in [0.4, 0.5) is 5.69 Å². The average molecular weight is 453 g/mol. The van der Waals surface area contributed by atoms with Gasteiger partial charge < -0.3 is 14.8 Å². The predicted octanol–water partition coefficient (Wildman–Crippen LogP) is 4.14. The standard InChI is InChI=1S/C24H24N2O5S/c1-17(18-6-3-2-4-7-18)25-24(27)19-8-10-20(11-9-19)26-32(28,29)21-12-13-22-23(16-21)31-15-5-14-30-22/h2-4,6-13,16-17,26H,5,14-15H2,1H3,(H,25,27). The number of fused-ring (bicyclic) bond motifs is 1. The van der Waals surface area contributed by atoms with Gasteiger partial charge in [-0.3, -0.25) is 9.52 Å². The number of rotatable bonds is 6. The second kappa shape index (κ2) is 9.32. The quantitative estimate of drug-likeness (QED) is 0.586. The summed E-state index contributed by atoms with van der Waals surface area (Å²) in [7, 11) is -3.83. The summed E-state index contributed by atoms with van der Waals surface area (Å²) in [4.78, 5) is 12.6. The van der Waals surface area contributed by atoms with Gasteiger partial charge in [-0.15, -0.1) is 0 Å². The first kappa shape index (κ1) is 21.7. The molecule has 8 heteroatoms. The van der Waals surface area contributed by atoms with Crippen molar-refractivity contribution < 1.29 is 22.7 Å². The van der Waals surface area contributed by atoms with Crippen molar-refractivity contribution in [2.75, 3.05) is 17.9 Å². The summed E-state index contributed by atoms with van der Waals surface area (Å²) in [6.07, 6.45) is 0.735. The Bertz CT molecular complexity index is 1190. The highest BCUT2D eigenvalue weighted by Gasteiger charge is 2.19. The highest BCUT2D eigenvalue weighted by Crippen LogP contribution is 2.32. The molecule has 0 radical (unpaired) electrons. The van der Waals surface area contributed by atoms with Crippen LogP contribution >= 0.6 is 0 Å². The SMILES string of the molecule is CC(NC(=O)c1ccc(NS(=O)(=O)c2ccc3c(c2)OCCCO3)cc1)c1ccccc1. The van der Waals surface area contributed by atoms with Gasteiger partial charge in [0.25, 0.3) is 15.9 Å². The number of carbonyl (C=O) groups is 1. The Morgan fingerprint density at radius 3 is 2.31 bits per heavy atom. The summed E-state index contributed by atoms with van der Waals surface area (Å²) in [5.74, 6) is 0.699. The molecule has 32 heavy (non-hydrogen) atoms. The van der Waals surface area contributed by atoms with E-state index in [1.165, 1.54) is 12.1 Å². The topological polar surface area (TPSA) is 93.7 Å². The number of hydrogen-bond donors (Lipinski definition) is 2. The summed E-state index contributed by atoms with van der Waals surface area (Å²) in [5, 5.41) is 2.94. The minimum absolute atomic E-state index is 0.0697. The van der Waals surface area contributed by atoms with Crippen LogP contribution in [0.3, 0.4) is 0 Å². The normalized spacial score (nSPS) is 14.2. The lowest BCUT2D eigenvalue weighted by Crippen LogP contribution is -2.26. The van der Waals surface area contributed by atoms with Gasteiger partial charge in [-0.05, 0) is 48.9 Å². The number of nitrogens with one attached hydrogen (secondary N) is 2. The van der Waals surface area contributed by atoms with Crippen LogP contribution < -0.4 is 19.5 Å². The van der Waals surface area contributed by atoms with E-state index < -0.39 is 10.0 Å². The maximum Gasteiger partial charge on any atom is 0.262 e. The van der Waals surface area contributed by atoms with Crippen LogP contribution in [0.2, 0.25) is 0 Å². The molecule has 0 fully saturated rings. The predicted molar refractivity (Wildman–Crippen MR) is 122 cm³/mol. The van der Waals surface area contributed by atoms with Gasteiger partial charge in [-0.25, -0.2) is 8.42 Å². The number of amides is 1. The van der Waals surface area contributed by atoms with Crippen molar-refractivity contribution in [3.8, 4) is 11.5 Å². The summed E-state index contributed by atoms with van der Waals surface area (Å²) in [5.41, 5.74) is 1.79. The van der Waals surface area contributed by atoms with Crippen LogP contribution in [0.15, 0.2) is 77.7 Å². The van der Waals surface area contributed by atoms with Gasteiger partial charge in [0.05, 0.1) is 24.2 Å². The van der Waals surface area contributed by atoms with E-state index in [-0.39, 0.29) is 16.8 Å². The van der Waals surface area contributed by atoms with Gasteiger partial charge >= 0.3 is 0 Å². The molecule has 1 aliphatic heterocycles. The lowest BCUT2D eigenvalue weighted by molar-refractivity contribution is 0.0940. The van der Waals surface area contributed by atoms with E-state index in [1.54, 1.807) is 30.3 Å². The van der Waals surface area contributed by atoms with Crippen molar-refractivity contribution in [3.63, 3.8) is 0 Å². The van der Waals surface area contributed by atoms with Crippen LogP contribution in [-0.4, -0.2) is 27.5 Å². The van der Waals surface area contributed by atoms with Crippen molar-refractivity contribution in [3.05, 3.63) is 83.9 Å². The van der Waals surface area contributed by atoms with E-state index >= 15 is 0 Å². The minimum atomic E-state index is -3.83. The molecule has 4 rings (SSSR count). The Balaban J connectivity index is 1.44. The van der Waals surface area contributed by atoms with Crippen molar-refractivity contribution >= 4 is 21.6 Å². The largest absolute Gasteiger partial charge is 0.490 e. The van der Waals surface area contributed by atoms with E-state index in [0.717, 1.165) is 12.0 Å². The fourth-order valence-electron chi connectivity index (χ4n) is 3.32. The van der Waals surface area contributed by atoms with E-state index in [4.69, 9.17) is 9.47 Å². The number of benzene rings is 3. The Labute approximate surface area is 187 Å². The maximum atomic E-state index is 12.8. The van der Waals surface area contributed by atoms with Crippen LogP contribution in [0, 0.1) is 0 Å². The maximum absolute atomic E-state index is 12.8. The third kappa shape index (κ3) is 5.03. The molecule has 0 spiro atoms. The molecule has 1 atom stereocenters. The smallest absolute Gasteiger partial charge is 0.262 e. The molecule has 1 aliphatic rings. The van der Waals surface area contributed by atoms with Crippen molar-refractivity contribution in [2.24, 2.45) is 0 Å². The van der Waals surface area contributed by atoms with E-state index in [2.05, 4.69) is 10.0 Å². The van der Waals surface area contributed by atoms with Crippen LogP contribution in [0.1, 0.15) is 35.3 Å². The van der Waals surface area contributed by atoms with Crippen molar-refractivity contribution in [2.45, 2.75) is 24.3 Å². The summed E-state index contributed by atoms with van der Waals surface area (Å²) >= 11 is 0. The van der Waals surface area contributed by atoms with Crippen molar-refractivity contribution in [1.82, 2.24) is 5.32 Å². The number of sulfonamides is 1. The monoisotopic (exact) mass is 452 g/mol. The molecule has 1 unspecified atom stereocenters. The van der Waals surface area contributed by atoms with E-state index in [1.807, 2.05) is 37.3 Å². The zero-order valence-electron chi connectivity index (χ0n) is 17.6. The molecule has 3 aromatic carbocycles. The van der Waals surface area contributed by atoms with E-state index in [9.17, 15) is 13.2 Å². The molecule has 0 saturated heterocycles. The van der Waals surface area contributed by atoms with Gasteiger partial charge in [0.2, 0.25) is 0 Å². The lowest BCUT2D eigenvalue weighted by Gasteiger charge is -2.15. The van der Waals surface area contributed by atoms with Crippen LogP contribution in [0.25, 0.3) is 0 Å². The van der Waals surface area contributed by atoms with Gasteiger partial charge in [0, 0.05) is 23.7 Å². The molecular formula is C24H24N2O5S. The Morgan fingerprint density at radius 1 is 0.906 bits per heavy atom. The Morgan fingerprint density at radius 2 is 1.59 bits per heavy atom. The Hall–Kier alpha value is -3.52. The first-order chi connectivity index (χ1) is 15.4. The lowest BCUT2D eigenvalue weighted by atomic mass is 10.1. The van der Waals surface area contributed by atoms with Gasteiger partial charge in [0.1, 0.15) is 0 Å². The first-order valence-electron chi connectivity index (χ1n) is 10.3. The third-order valence-electron chi connectivity index (χ3n) is 5.08. The van der Waals surface area contributed by atoms with Crippen molar-refractivity contribution in [1.29, 1.82) is 0 Å². The molecular weight excluding hydrogens is 428 g/mol. The average Bonchev–Trinajstić information content (AvgIpc) is 3.05. The molecule has 2 N–H and O–H groups in total. The number of anilines is 1. The van der Waals surface area contributed by atoms with Crippen LogP contribution in [0.5, 0.6) is 11.5 Å². The minimum Gasteiger partial charge on any atom is -0.490 e. The second-order valence-corrected chi connectivity index (χ2v) is 9.13. The highest BCUT2D eigenvalue weighted by atomic mass is 32.2. The fraction of sp³-hybridized carbons (Fsp3) is 0.208. The van der Waals surface area contributed by atoms with Gasteiger partial charge in [-0.2, -0.15) is 0 Å². The molecule has 0 bridgehead atoms. The Kier molecular flexibility index (Phi) is 6.32. The first-order valence-corrected chi connectivity index (χ1v) is 11.8. The van der Waals surface area contributed by atoms with Gasteiger partial charge in [-0.1, -0.05) is 30.3 Å². The zero-order chi connectivity index (χ0) is 22.6.